The fourth-order valence-electron chi connectivity index (χ4n) is 1.44. The monoisotopic (exact) mass is 266 g/mol. The second-order valence-corrected chi connectivity index (χ2v) is 3.94. The Morgan fingerprint density at radius 2 is 1.89 bits per heavy atom. The maximum absolute atomic E-state index is 11.5. The molecule has 1 aromatic carbocycles. The first-order valence-corrected chi connectivity index (χ1v) is 5.40. The Kier molecular flexibility index (Phi) is 3.28. The summed E-state index contributed by atoms with van der Waals surface area (Å²) in [5, 5.41) is 4.38. The average molecular weight is 266 g/mol. The molecule has 0 aliphatic heterocycles. The molecule has 8 heteroatoms. The predicted molar refractivity (Wildman–Crippen MR) is 69.3 cm³/mol. The summed E-state index contributed by atoms with van der Waals surface area (Å²) in [5.41, 5.74) is 4.50. The third-order valence-corrected chi connectivity index (χ3v) is 2.28. The van der Waals surface area contributed by atoms with Crippen LogP contribution in [0.1, 0.15) is 0 Å². The molecule has 0 amide bonds. The van der Waals surface area contributed by atoms with Gasteiger partial charge in [0.2, 0.25) is 0 Å². The van der Waals surface area contributed by atoms with E-state index in [4.69, 9.17) is 22.7 Å². The van der Waals surface area contributed by atoms with E-state index in [0.29, 0.717) is 11.4 Å². The van der Waals surface area contributed by atoms with Crippen molar-refractivity contribution in [1.29, 1.82) is 0 Å². The quantitative estimate of drug-likeness (QED) is 0.648. The number of nitrogens with zero attached hydrogens (tertiary/aromatic N) is 1. The SMILES string of the molecule is NC(=S)COc1ccccc1-n1c(=O)[nH][nH]c1=O. The lowest BCUT2D eigenvalue weighted by molar-refractivity contribution is 0.375. The van der Waals surface area contributed by atoms with Crippen LogP contribution in [0.2, 0.25) is 0 Å². The number of hydrogen-bond donors (Lipinski definition) is 3. The van der Waals surface area contributed by atoms with Gasteiger partial charge in [-0.3, -0.25) is 0 Å². The normalized spacial score (nSPS) is 10.2. The average Bonchev–Trinajstić information content (AvgIpc) is 2.67. The van der Waals surface area contributed by atoms with Crippen LogP contribution in [0.25, 0.3) is 5.69 Å². The lowest BCUT2D eigenvalue weighted by Crippen LogP contribution is -2.26. The van der Waals surface area contributed by atoms with Crippen molar-refractivity contribution in [3.05, 3.63) is 45.2 Å². The molecular weight excluding hydrogens is 256 g/mol. The summed E-state index contributed by atoms with van der Waals surface area (Å²) >= 11 is 4.70. The van der Waals surface area contributed by atoms with E-state index in [0.717, 1.165) is 4.57 Å². The lowest BCUT2D eigenvalue weighted by Gasteiger charge is -2.09. The molecule has 18 heavy (non-hydrogen) atoms. The number of aromatic nitrogens is 3. The Morgan fingerprint density at radius 3 is 2.50 bits per heavy atom. The lowest BCUT2D eigenvalue weighted by atomic mass is 10.3. The van der Waals surface area contributed by atoms with Crippen LogP contribution in [0.4, 0.5) is 0 Å². The molecule has 4 N–H and O–H groups in total. The molecule has 0 bridgehead atoms. The molecule has 94 valence electrons. The molecule has 0 fully saturated rings. The number of thiocarbonyl (C=S) groups is 1. The molecule has 2 rings (SSSR count). The predicted octanol–water partition coefficient (Wildman–Crippen LogP) is -0.481. The number of hydrogen-bond acceptors (Lipinski definition) is 4. The van der Waals surface area contributed by atoms with Crippen molar-refractivity contribution in [3.63, 3.8) is 0 Å². The minimum absolute atomic E-state index is 0.0312. The highest BCUT2D eigenvalue weighted by Crippen LogP contribution is 2.19. The summed E-state index contributed by atoms with van der Waals surface area (Å²) in [6.45, 7) is 0.0312. The minimum Gasteiger partial charge on any atom is -0.484 e. The van der Waals surface area contributed by atoms with Crippen LogP contribution in [0.5, 0.6) is 5.75 Å². The number of ether oxygens (including phenoxy) is 1. The molecule has 0 saturated carbocycles. The van der Waals surface area contributed by atoms with Gasteiger partial charge in [-0.2, -0.15) is 0 Å². The van der Waals surface area contributed by atoms with Gasteiger partial charge in [-0.05, 0) is 12.1 Å². The van der Waals surface area contributed by atoms with Crippen LogP contribution in [0, 0.1) is 0 Å². The number of benzene rings is 1. The molecule has 0 radical (unpaired) electrons. The van der Waals surface area contributed by atoms with Crippen LogP contribution in [-0.2, 0) is 0 Å². The van der Waals surface area contributed by atoms with E-state index in [1.54, 1.807) is 24.3 Å². The maximum atomic E-state index is 11.5. The second-order valence-electron chi connectivity index (χ2n) is 3.42. The largest absolute Gasteiger partial charge is 0.484 e. The van der Waals surface area contributed by atoms with Gasteiger partial charge in [0.25, 0.3) is 0 Å². The first kappa shape index (κ1) is 12.1. The van der Waals surface area contributed by atoms with Gasteiger partial charge in [-0.15, -0.1) is 0 Å². The zero-order valence-electron chi connectivity index (χ0n) is 9.17. The van der Waals surface area contributed by atoms with Crippen molar-refractivity contribution in [3.8, 4) is 11.4 Å². The third-order valence-electron chi connectivity index (χ3n) is 2.16. The Balaban J connectivity index is 2.48. The fraction of sp³-hybridized carbons (Fsp3) is 0.100. The van der Waals surface area contributed by atoms with E-state index in [9.17, 15) is 9.59 Å². The van der Waals surface area contributed by atoms with E-state index in [-0.39, 0.29) is 11.6 Å². The van der Waals surface area contributed by atoms with Crippen molar-refractivity contribution >= 4 is 17.2 Å². The maximum Gasteiger partial charge on any atom is 0.349 e. The van der Waals surface area contributed by atoms with Gasteiger partial charge in [-0.25, -0.2) is 24.4 Å². The van der Waals surface area contributed by atoms with Crippen molar-refractivity contribution in [2.45, 2.75) is 0 Å². The number of nitrogens with one attached hydrogen (secondary N) is 2. The minimum atomic E-state index is -0.577. The van der Waals surface area contributed by atoms with E-state index in [1.165, 1.54) is 0 Å². The zero-order valence-corrected chi connectivity index (χ0v) is 9.99. The van der Waals surface area contributed by atoms with Gasteiger partial charge in [0.1, 0.15) is 17.3 Å². The van der Waals surface area contributed by atoms with Gasteiger partial charge in [0.05, 0.1) is 5.69 Å². The summed E-state index contributed by atoms with van der Waals surface area (Å²) in [5.74, 6) is 0.345. The highest BCUT2D eigenvalue weighted by molar-refractivity contribution is 7.80. The molecule has 1 aromatic heterocycles. The molecule has 2 aromatic rings. The van der Waals surface area contributed by atoms with Crippen LogP contribution < -0.4 is 21.9 Å². The van der Waals surface area contributed by atoms with Gasteiger partial charge in [0.15, 0.2) is 0 Å². The van der Waals surface area contributed by atoms with E-state index >= 15 is 0 Å². The van der Waals surface area contributed by atoms with E-state index in [2.05, 4.69) is 10.2 Å². The summed E-state index contributed by atoms with van der Waals surface area (Å²) in [7, 11) is 0. The van der Waals surface area contributed by atoms with Gasteiger partial charge in [-0.1, -0.05) is 24.4 Å². The molecule has 0 spiro atoms. The highest BCUT2D eigenvalue weighted by atomic mass is 32.1. The Morgan fingerprint density at radius 1 is 1.28 bits per heavy atom. The molecule has 1 heterocycles. The molecule has 0 unspecified atom stereocenters. The standard InChI is InChI=1S/C10H10N4O3S/c11-8(18)5-17-7-4-2-1-3-6(7)14-9(15)12-13-10(14)16/h1-4H,5H2,(H2,11,18)(H,12,15)(H,13,16). The van der Waals surface area contributed by atoms with Gasteiger partial charge in [0, 0.05) is 0 Å². The smallest absolute Gasteiger partial charge is 0.349 e. The van der Waals surface area contributed by atoms with Gasteiger partial charge >= 0.3 is 11.4 Å². The molecule has 0 atom stereocenters. The summed E-state index contributed by atoms with van der Waals surface area (Å²) in [4.78, 5) is 23.2. The van der Waals surface area contributed by atoms with Gasteiger partial charge < -0.3 is 10.5 Å². The number of nitrogens with two attached hydrogens (primary N) is 1. The molecule has 7 nitrogen and oxygen atoms in total. The van der Waals surface area contributed by atoms with Crippen LogP contribution >= 0.6 is 12.2 Å². The molecule has 0 aliphatic rings. The van der Waals surface area contributed by atoms with E-state index < -0.39 is 11.4 Å². The topological polar surface area (TPSA) is 106 Å². The summed E-state index contributed by atoms with van der Waals surface area (Å²) in [6.07, 6.45) is 0. The summed E-state index contributed by atoms with van der Waals surface area (Å²) in [6, 6.07) is 6.60. The third kappa shape index (κ3) is 2.33. The number of aromatic amines is 2. The molecular formula is C10H10N4O3S. The Bertz CT molecular complexity index is 657. The van der Waals surface area contributed by atoms with Crippen molar-refractivity contribution < 1.29 is 4.74 Å². The van der Waals surface area contributed by atoms with Crippen molar-refractivity contribution in [1.82, 2.24) is 14.8 Å². The zero-order chi connectivity index (χ0) is 13.1. The van der Waals surface area contributed by atoms with Crippen LogP contribution in [-0.4, -0.2) is 26.4 Å². The van der Waals surface area contributed by atoms with Crippen LogP contribution in [0.3, 0.4) is 0 Å². The number of rotatable bonds is 4. The second kappa shape index (κ2) is 4.88. The number of H-pyrrole nitrogens is 2. The van der Waals surface area contributed by atoms with E-state index in [1.807, 2.05) is 0 Å². The van der Waals surface area contributed by atoms with Crippen LogP contribution in [0.15, 0.2) is 33.9 Å². The molecule has 0 saturated heterocycles. The summed E-state index contributed by atoms with van der Waals surface area (Å²) < 4.78 is 6.27. The number of para-hydroxylation sites is 2. The molecule has 0 aliphatic carbocycles. The highest BCUT2D eigenvalue weighted by Gasteiger charge is 2.11. The first-order chi connectivity index (χ1) is 8.59. The Hall–Kier alpha value is -2.35. The first-order valence-electron chi connectivity index (χ1n) is 5.00. The van der Waals surface area contributed by atoms with Crippen molar-refractivity contribution in [2.24, 2.45) is 5.73 Å². The Labute approximate surface area is 106 Å². The van der Waals surface area contributed by atoms with Crippen molar-refractivity contribution in [2.75, 3.05) is 6.61 Å². The fourth-order valence-corrected chi connectivity index (χ4v) is 1.50.